The lowest BCUT2D eigenvalue weighted by molar-refractivity contribution is -0.484. The molecule has 0 heterocycles. The Morgan fingerprint density at radius 1 is 1.00 bits per heavy atom. The molecule has 0 aliphatic rings. The fraction of sp³-hybridized carbons (Fsp3) is 0.579. The third-order valence-corrected chi connectivity index (χ3v) is 3.90. The first-order chi connectivity index (χ1) is 12.2. The third kappa shape index (κ3) is 8.07. The predicted octanol–water partition coefficient (Wildman–Crippen LogP) is 4.11. The van der Waals surface area contributed by atoms with Crippen LogP contribution in [-0.2, 0) is 19.1 Å². The minimum absolute atomic E-state index is 0.483. The lowest BCUT2D eigenvalue weighted by Crippen LogP contribution is -2.41. The van der Waals surface area contributed by atoms with Crippen LogP contribution in [0, 0.1) is 16.0 Å². The van der Waals surface area contributed by atoms with Crippen LogP contribution in [0.3, 0.4) is 0 Å². The van der Waals surface area contributed by atoms with E-state index in [1.165, 1.54) is 0 Å². The number of esters is 2. The third-order valence-electron chi connectivity index (χ3n) is 3.37. The van der Waals surface area contributed by atoms with E-state index in [4.69, 9.17) is 9.47 Å². The van der Waals surface area contributed by atoms with Gasteiger partial charge in [-0.25, -0.2) is 0 Å². The molecule has 27 heavy (non-hydrogen) atoms. The van der Waals surface area contributed by atoms with Gasteiger partial charge in [-0.15, -0.1) is 0 Å². The first kappa shape index (κ1) is 23.1. The summed E-state index contributed by atoms with van der Waals surface area (Å²) in [4.78, 5) is 36.3. The molecule has 0 fully saturated rings. The van der Waals surface area contributed by atoms with Gasteiger partial charge in [0.1, 0.15) is 11.2 Å². The predicted molar refractivity (Wildman–Crippen MR) is 104 cm³/mol. The monoisotopic (exact) mass is 443 g/mol. The summed E-state index contributed by atoms with van der Waals surface area (Å²) in [5.74, 6) is -4.15. The zero-order chi connectivity index (χ0) is 21.0. The number of hydrogen-bond donors (Lipinski definition) is 0. The topological polar surface area (TPSA) is 95.7 Å². The highest BCUT2D eigenvalue weighted by atomic mass is 79.9. The summed E-state index contributed by atoms with van der Waals surface area (Å²) in [5, 5.41) is 11.3. The van der Waals surface area contributed by atoms with Crippen molar-refractivity contribution in [2.24, 2.45) is 5.92 Å². The number of nitro groups is 1. The molecule has 0 amide bonds. The molecule has 1 aromatic rings. The Labute approximate surface area is 167 Å². The van der Waals surface area contributed by atoms with E-state index in [2.05, 4.69) is 15.9 Å². The van der Waals surface area contributed by atoms with Gasteiger partial charge in [0.05, 0.1) is 5.92 Å². The number of rotatable bonds is 6. The average Bonchev–Trinajstić information content (AvgIpc) is 2.43. The molecule has 0 radical (unpaired) electrons. The molecule has 0 unspecified atom stereocenters. The maximum atomic E-state index is 12.8. The summed E-state index contributed by atoms with van der Waals surface area (Å²) >= 11 is 3.30. The summed E-state index contributed by atoms with van der Waals surface area (Å²) in [6.07, 6.45) is 0. The Morgan fingerprint density at radius 2 is 1.41 bits per heavy atom. The molecule has 0 saturated carbocycles. The van der Waals surface area contributed by atoms with E-state index in [1.54, 1.807) is 65.8 Å². The van der Waals surface area contributed by atoms with E-state index in [0.717, 1.165) is 4.47 Å². The largest absolute Gasteiger partial charge is 0.459 e. The smallest absolute Gasteiger partial charge is 0.321 e. The maximum Gasteiger partial charge on any atom is 0.321 e. The van der Waals surface area contributed by atoms with Gasteiger partial charge in [0.15, 0.2) is 5.92 Å². The van der Waals surface area contributed by atoms with Gasteiger partial charge in [-0.1, -0.05) is 28.1 Å². The van der Waals surface area contributed by atoms with E-state index in [-0.39, 0.29) is 0 Å². The number of benzene rings is 1. The second kappa shape index (κ2) is 8.82. The summed E-state index contributed by atoms with van der Waals surface area (Å²) in [6, 6.07) is 6.67. The molecule has 0 bridgehead atoms. The zero-order valence-corrected chi connectivity index (χ0v) is 18.0. The molecular formula is C19H26BrNO6. The van der Waals surface area contributed by atoms with Crippen LogP contribution in [0.5, 0.6) is 0 Å². The Kier molecular flexibility index (Phi) is 7.54. The van der Waals surface area contributed by atoms with Crippen molar-refractivity contribution in [2.45, 2.75) is 58.7 Å². The molecule has 0 saturated heterocycles. The second-order valence-electron chi connectivity index (χ2n) is 8.22. The highest BCUT2D eigenvalue weighted by molar-refractivity contribution is 9.10. The average molecular weight is 444 g/mol. The highest BCUT2D eigenvalue weighted by Crippen LogP contribution is 2.31. The van der Waals surface area contributed by atoms with Crippen molar-refractivity contribution in [1.82, 2.24) is 0 Å². The molecule has 1 atom stereocenters. The Morgan fingerprint density at radius 3 is 1.74 bits per heavy atom. The van der Waals surface area contributed by atoms with Crippen LogP contribution < -0.4 is 0 Å². The quantitative estimate of drug-likeness (QED) is 0.284. The van der Waals surface area contributed by atoms with Gasteiger partial charge < -0.3 is 9.47 Å². The van der Waals surface area contributed by atoms with Crippen LogP contribution in [-0.4, -0.2) is 34.6 Å². The van der Waals surface area contributed by atoms with Gasteiger partial charge in [0.2, 0.25) is 6.54 Å². The van der Waals surface area contributed by atoms with Crippen LogP contribution in [0.25, 0.3) is 0 Å². The van der Waals surface area contributed by atoms with E-state index in [1.807, 2.05) is 0 Å². The minimum atomic E-state index is -1.45. The van der Waals surface area contributed by atoms with Crippen molar-refractivity contribution < 1.29 is 24.0 Å². The van der Waals surface area contributed by atoms with Gasteiger partial charge in [-0.2, -0.15) is 0 Å². The number of carbonyl (C=O) groups is 2. The number of hydrogen-bond acceptors (Lipinski definition) is 6. The minimum Gasteiger partial charge on any atom is -0.459 e. The van der Waals surface area contributed by atoms with Gasteiger partial charge in [0.25, 0.3) is 0 Å². The van der Waals surface area contributed by atoms with Gasteiger partial charge >= 0.3 is 11.9 Å². The highest BCUT2D eigenvalue weighted by Gasteiger charge is 2.43. The maximum absolute atomic E-state index is 12.8. The molecule has 0 aliphatic carbocycles. The van der Waals surface area contributed by atoms with E-state index < -0.39 is 46.4 Å². The van der Waals surface area contributed by atoms with Crippen molar-refractivity contribution in [2.75, 3.05) is 6.54 Å². The Bertz CT molecular complexity index is 660. The molecule has 7 nitrogen and oxygen atoms in total. The lowest BCUT2D eigenvalue weighted by atomic mass is 9.85. The summed E-state index contributed by atoms with van der Waals surface area (Å²) in [5.41, 5.74) is -1.22. The molecular weight excluding hydrogens is 418 g/mol. The van der Waals surface area contributed by atoms with Crippen molar-refractivity contribution in [1.29, 1.82) is 0 Å². The molecule has 150 valence electrons. The van der Waals surface area contributed by atoms with E-state index in [0.29, 0.717) is 5.56 Å². The molecule has 1 aromatic carbocycles. The Balaban J connectivity index is 3.39. The molecule has 0 N–H and O–H groups in total. The van der Waals surface area contributed by atoms with Crippen LogP contribution in [0.2, 0.25) is 0 Å². The first-order valence-corrected chi connectivity index (χ1v) is 9.32. The van der Waals surface area contributed by atoms with E-state index in [9.17, 15) is 19.7 Å². The van der Waals surface area contributed by atoms with Crippen molar-refractivity contribution >= 4 is 27.9 Å². The molecule has 0 aliphatic heterocycles. The summed E-state index contributed by atoms with van der Waals surface area (Å²) in [6.45, 7) is 9.39. The fourth-order valence-corrected chi connectivity index (χ4v) is 2.69. The number of carbonyl (C=O) groups excluding carboxylic acids is 2. The first-order valence-electron chi connectivity index (χ1n) is 8.52. The second-order valence-corrected chi connectivity index (χ2v) is 9.13. The standard InChI is InChI=1S/C19H26BrNO6/c1-18(2,3)26-16(22)15(17(23)27-19(4,5)6)14(11-21(24)25)12-7-9-13(20)10-8-12/h7-10,14-15H,11H2,1-6H3/t14-/m1/s1. The van der Waals surface area contributed by atoms with E-state index >= 15 is 0 Å². The number of halogens is 1. The van der Waals surface area contributed by atoms with Crippen molar-refractivity contribution in [3.05, 3.63) is 44.4 Å². The normalized spacial score (nSPS) is 13.2. The Hall–Kier alpha value is -1.96. The van der Waals surface area contributed by atoms with Crippen LogP contribution in [0.15, 0.2) is 28.7 Å². The SMILES string of the molecule is CC(C)(C)OC(=O)C(C(=O)OC(C)(C)C)[C@H](C[N+](=O)[O-])c1ccc(Br)cc1. The lowest BCUT2D eigenvalue weighted by Gasteiger charge is -2.29. The molecule has 0 aromatic heterocycles. The van der Waals surface area contributed by atoms with Gasteiger partial charge in [-0.05, 0) is 59.2 Å². The zero-order valence-electron chi connectivity index (χ0n) is 16.4. The summed E-state index contributed by atoms with van der Waals surface area (Å²) < 4.78 is 11.5. The summed E-state index contributed by atoms with van der Waals surface area (Å²) in [7, 11) is 0. The van der Waals surface area contributed by atoms with Gasteiger partial charge in [0, 0.05) is 9.40 Å². The number of nitrogens with zero attached hydrogens (tertiary/aromatic N) is 1. The van der Waals surface area contributed by atoms with Gasteiger partial charge in [-0.3, -0.25) is 19.7 Å². The van der Waals surface area contributed by atoms with Crippen LogP contribution in [0.4, 0.5) is 0 Å². The fourth-order valence-electron chi connectivity index (χ4n) is 2.43. The molecule has 1 rings (SSSR count). The van der Waals surface area contributed by atoms with Crippen molar-refractivity contribution in [3.63, 3.8) is 0 Å². The van der Waals surface area contributed by atoms with Crippen LogP contribution >= 0.6 is 15.9 Å². The van der Waals surface area contributed by atoms with Crippen LogP contribution in [0.1, 0.15) is 53.0 Å². The molecule has 8 heteroatoms. The molecule has 0 spiro atoms. The number of ether oxygens (including phenoxy) is 2. The van der Waals surface area contributed by atoms with Crippen molar-refractivity contribution in [3.8, 4) is 0 Å².